The van der Waals surface area contributed by atoms with Gasteiger partial charge in [-0.15, -0.1) is 0 Å². The summed E-state index contributed by atoms with van der Waals surface area (Å²) in [4.78, 5) is 43.0. The Hall–Kier alpha value is -1.65. The highest BCUT2D eigenvalue weighted by atomic mass is 16.5. The van der Waals surface area contributed by atoms with Gasteiger partial charge in [0, 0.05) is 36.8 Å². The molecule has 4 saturated carbocycles. The van der Waals surface area contributed by atoms with Gasteiger partial charge >= 0.3 is 5.97 Å². The number of ether oxygens (including phenoxy) is 1. The van der Waals surface area contributed by atoms with Crippen LogP contribution in [-0.4, -0.2) is 41.8 Å². The quantitative estimate of drug-likeness (QED) is 0.302. The average molecular weight is 594 g/mol. The van der Waals surface area contributed by atoms with Gasteiger partial charge in [-0.05, 0) is 110 Å². The van der Waals surface area contributed by atoms with Gasteiger partial charge in [0.05, 0.1) is 0 Å². The Balaban J connectivity index is 1.36. The smallest absolute Gasteiger partial charge is 0.302 e. The maximum absolute atomic E-state index is 14.7. The topological polar surface area (TPSA) is 63.7 Å². The summed E-state index contributed by atoms with van der Waals surface area (Å²) in [5.74, 6) is 1.09. The normalized spacial score (nSPS) is 47.6. The van der Waals surface area contributed by atoms with E-state index in [0.29, 0.717) is 17.6 Å². The summed E-state index contributed by atoms with van der Waals surface area (Å²) in [5.41, 5.74) is 0.720. The van der Waals surface area contributed by atoms with E-state index in [0.717, 1.165) is 77.3 Å². The first-order chi connectivity index (χ1) is 20.0. The summed E-state index contributed by atoms with van der Waals surface area (Å²) in [7, 11) is 0. The molecular formula is C38H59NO4. The molecule has 1 aliphatic heterocycles. The number of fused-ring (bicyclic) bond motifs is 7. The molecule has 0 radical (unpaired) electrons. The molecule has 0 bridgehead atoms. The minimum absolute atomic E-state index is 0.0249. The van der Waals surface area contributed by atoms with Gasteiger partial charge in [0.25, 0.3) is 0 Å². The van der Waals surface area contributed by atoms with E-state index in [-0.39, 0.29) is 56.4 Å². The highest BCUT2D eigenvalue weighted by molar-refractivity contribution is 5.95. The highest BCUT2D eigenvalue weighted by Gasteiger charge is 2.70. The van der Waals surface area contributed by atoms with Crippen molar-refractivity contribution in [3.63, 3.8) is 0 Å². The largest absolute Gasteiger partial charge is 0.462 e. The molecule has 1 amide bonds. The lowest BCUT2D eigenvalue weighted by molar-refractivity contribution is -0.210. The van der Waals surface area contributed by atoms with Crippen LogP contribution in [0.3, 0.4) is 0 Å². The first-order valence-corrected chi connectivity index (χ1v) is 17.7. The van der Waals surface area contributed by atoms with E-state index in [1.54, 1.807) is 0 Å². The number of hydrogen-bond acceptors (Lipinski definition) is 4. The maximum Gasteiger partial charge on any atom is 0.302 e. The lowest BCUT2D eigenvalue weighted by Crippen LogP contribution is -2.66. The Labute approximate surface area is 261 Å². The number of allylic oxidation sites excluding steroid dienone is 2. The van der Waals surface area contributed by atoms with Crippen LogP contribution in [0.5, 0.6) is 0 Å². The Morgan fingerprint density at radius 3 is 2.14 bits per heavy atom. The molecule has 0 aromatic carbocycles. The Kier molecular flexibility index (Phi) is 7.42. The SMILES string of the molecule is CC(=O)O[C@H]1CC[C@@]2(C)[C@H](CC[C@]3(C)[C@@H]2C(=O)C=C2[C@H]4C[C@@](C)(C(=O)N5CCCCCC5)CC[C@]4(C)CC[C@@]23C)C1(C)C. The zero-order chi connectivity index (χ0) is 31.2. The number of likely N-dealkylation sites (tertiary alicyclic amines) is 1. The Bertz CT molecular complexity index is 1210. The summed E-state index contributed by atoms with van der Waals surface area (Å²) < 4.78 is 5.89. The van der Waals surface area contributed by atoms with Crippen molar-refractivity contribution in [2.45, 2.75) is 145 Å². The van der Waals surface area contributed by atoms with Crippen molar-refractivity contribution in [1.29, 1.82) is 0 Å². The van der Waals surface area contributed by atoms with Crippen molar-refractivity contribution in [3.8, 4) is 0 Å². The predicted octanol–water partition coefficient (Wildman–Crippen LogP) is 8.30. The molecule has 0 unspecified atom stereocenters. The molecule has 0 aromatic heterocycles. The lowest BCUT2D eigenvalue weighted by atomic mass is 9.33. The average Bonchev–Trinajstić information content (AvgIpc) is 3.21. The molecule has 1 heterocycles. The van der Waals surface area contributed by atoms with Crippen molar-refractivity contribution in [3.05, 3.63) is 11.6 Å². The van der Waals surface area contributed by atoms with Gasteiger partial charge in [-0.25, -0.2) is 0 Å². The summed E-state index contributed by atoms with van der Waals surface area (Å²) >= 11 is 0. The van der Waals surface area contributed by atoms with Gasteiger partial charge in [0.1, 0.15) is 6.10 Å². The molecule has 0 aromatic rings. The molecule has 9 atom stereocenters. The molecule has 6 aliphatic rings. The van der Waals surface area contributed by atoms with Gasteiger partial charge < -0.3 is 9.64 Å². The van der Waals surface area contributed by atoms with E-state index in [2.05, 4.69) is 59.4 Å². The number of amides is 1. The van der Waals surface area contributed by atoms with E-state index in [1.807, 2.05) is 0 Å². The van der Waals surface area contributed by atoms with E-state index in [1.165, 1.54) is 31.8 Å². The van der Waals surface area contributed by atoms with Crippen molar-refractivity contribution >= 4 is 17.7 Å². The summed E-state index contributed by atoms with van der Waals surface area (Å²) in [6.45, 7) is 20.0. The molecule has 5 nitrogen and oxygen atoms in total. The molecule has 0 spiro atoms. The number of ketones is 1. The first kappa shape index (κ1) is 31.3. The third-order valence-electron chi connectivity index (χ3n) is 15.2. The second kappa shape index (κ2) is 10.2. The van der Waals surface area contributed by atoms with Crippen LogP contribution in [0.2, 0.25) is 0 Å². The van der Waals surface area contributed by atoms with Crippen molar-refractivity contribution in [2.24, 2.45) is 50.2 Å². The van der Waals surface area contributed by atoms with Crippen LogP contribution in [0.15, 0.2) is 11.6 Å². The lowest BCUT2D eigenvalue weighted by Gasteiger charge is -2.70. The molecular weight excluding hydrogens is 534 g/mol. The Morgan fingerprint density at radius 2 is 1.49 bits per heavy atom. The zero-order valence-corrected chi connectivity index (χ0v) is 28.6. The van der Waals surface area contributed by atoms with Crippen LogP contribution in [0.4, 0.5) is 0 Å². The van der Waals surface area contributed by atoms with Crippen LogP contribution in [0.1, 0.15) is 139 Å². The fourth-order valence-corrected chi connectivity index (χ4v) is 12.4. The summed E-state index contributed by atoms with van der Waals surface area (Å²) in [6, 6.07) is 0. The fraction of sp³-hybridized carbons (Fsp3) is 0.868. The molecule has 43 heavy (non-hydrogen) atoms. The summed E-state index contributed by atoms with van der Waals surface area (Å²) in [5, 5.41) is 0. The Morgan fingerprint density at radius 1 is 0.837 bits per heavy atom. The van der Waals surface area contributed by atoms with E-state index >= 15 is 0 Å². The second-order valence-corrected chi connectivity index (χ2v) is 17.9. The number of nitrogens with zero attached hydrogens (tertiary/aromatic N) is 1. The van der Waals surface area contributed by atoms with Crippen molar-refractivity contribution in [2.75, 3.05) is 13.1 Å². The van der Waals surface area contributed by atoms with Crippen molar-refractivity contribution < 1.29 is 19.1 Å². The van der Waals surface area contributed by atoms with E-state index < -0.39 is 0 Å². The molecule has 240 valence electrons. The molecule has 0 N–H and O–H groups in total. The standard InChI is InChI=1S/C38H59NO4/c1-25(40)43-30-14-15-36(6)29(33(30,2)3)13-16-38(8)31(36)28(41)23-26-27-24-35(5,32(42)39-21-11-9-10-12-22-39)18-17-34(27,4)19-20-37(26,38)7/h23,27,29-31H,9-22,24H2,1-8H3/t27-,29-,30+,31-,34-,35+,36+,37+,38-/m1/s1. The van der Waals surface area contributed by atoms with Crippen LogP contribution < -0.4 is 0 Å². The molecule has 6 rings (SSSR count). The highest BCUT2D eigenvalue weighted by Crippen LogP contribution is 2.75. The predicted molar refractivity (Wildman–Crippen MR) is 170 cm³/mol. The van der Waals surface area contributed by atoms with Gasteiger partial charge in [0.2, 0.25) is 5.91 Å². The van der Waals surface area contributed by atoms with Crippen LogP contribution >= 0.6 is 0 Å². The maximum atomic E-state index is 14.7. The van der Waals surface area contributed by atoms with Gasteiger partial charge in [-0.2, -0.15) is 0 Å². The van der Waals surface area contributed by atoms with E-state index in [4.69, 9.17) is 4.74 Å². The minimum Gasteiger partial charge on any atom is -0.462 e. The number of rotatable bonds is 2. The number of esters is 1. The second-order valence-electron chi connectivity index (χ2n) is 17.9. The zero-order valence-electron chi connectivity index (χ0n) is 28.6. The van der Waals surface area contributed by atoms with E-state index in [9.17, 15) is 14.4 Å². The number of carbonyl (C=O) groups excluding carboxylic acids is 3. The molecule has 5 heteroatoms. The number of hydrogen-bond donors (Lipinski definition) is 0. The van der Waals surface area contributed by atoms with Crippen molar-refractivity contribution in [1.82, 2.24) is 4.90 Å². The third-order valence-corrected chi connectivity index (χ3v) is 15.2. The van der Waals surface area contributed by atoms with Crippen LogP contribution in [0.25, 0.3) is 0 Å². The minimum atomic E-state index is -0.350. The third kappa shape index (κ3) is 4.46. The van der Waals surface area contributed by atoms with Gasteiger partial charge in [0.15, 0.2) is 5.78 Å². The first-order valence-electron chi connectivity index (χ1n) is 17.7. The molecule has 5 aliphatic carbocycles. The molecule has 1 saturated heterocycles. The van der Waals surface area contributed by atoms with Crippen LogP contribution in [0, 0.1) is 50.2 Å². The van der Waals surface area contributed by atoms with Gasteiger partial charge in [-0.3, -0.25) is 14.4 Å². The monoisotopic (exact) mass is 593 g/mol. The molecule has 5 fully saturated rings. The fourth-order valence-electron chi connectivity index (χ4n) is 12.4. The van der Waals surface area contributed by atoms with Gasteiger partial charge in [-0.1, -0.05) is 66.9 Å². The van der Waals surface area contributed by atoms with Crippen LogP contribution in [-0.2, 0) is 19.1 Å². The summed E-state index contributed by atoms with van der Waals surface area (Å²) in [6.07, 6.45) is 15.8. The number of carbonyl (C=O) groups is 3.